The van der Waals surface area contributed by atoms with E-state index in [2.05, 4.69) is 51.7 Å². The summed E-state index contributed by atoms with van der Waals surface area (Å²) in [6, 6.07) is 19.6. The lowest BCUT2D eigenvalue weighted by Gasteiger charge is -2.27. The molecule has 0 saturated carbocycles. The normalized spacial score (nSPS) is 15.2. The number of nitrogens with one attached hydrogen (secondary N) is 2. The van der Waals surface area contributed by atoms with Crippen molar-refractivity contribution in [3.8, 4) is 0 Å². The highest BCUT2D eigenvalue weighted by atomic mass is 32.2. The van der Waals surface area contributed by atoms with Gasteiger partial charge >= 0.3 is 0 Å². The fraction of sp³-hybridized carbons (Fsp3) is 0.440. The van der Waals surface area contributed by atoms with E-state index in [4.69, 9.17) is 9.55 Å². The summed E-state index contributed by atoms with van der Waals surface area (Å²) >= 11 is 0.769. The van der Waals surface area contributed by atoms with Gasteiger partial charge in [-0.3, -0.25) is 9.89 Å². The van der Waals surface area contributed by atoms with Gasteiger partial charge in [0, 0.05) is 55.3 Å². The molecule has 1 aliphatic heterocycles. The number of amidine groups is 2. The summed E-state index contributed by atoms with van der Waals surface area (Å²) in [4.78, 5) is 14.8. The van der Waals surface area contributed by atoms with Crippen molar-refractivity contribution in [3.63, 3.8) is 0 Å². The minimum atomic E-state index is 0.769. The van der Waals surface area contributed by atoms with Gasteiger partial charge in [0.25, 0.3) is 0 Å². The van der Waals surface area contributed by atoms with Crippen LogP contribution in [0.15, 0.2) is 75.5 Å². The maximum Gasteiger partial charge on any atom is 0.122 e. The Morgan fingerprint density at radius 3 is 2.27 bits per heavy atom. The van der Waals surface area contributed by atoms with E-state index in [-0.39, 0.29) is 0 Å². The molecule has 3 rings (SSSR count). The molecule has 2 aromatic carbocycles. The molecule has 1 aliphatic rings. The third kappa shape index (κ3) is 12.6. The van der Waals surface area contributed by atoms with E-state index in [0.717, 1.165) is 86.5 Å². The second-order valence-electron chi connectivity index (χ2n) is 8.07. The maximum absolute atomic E-state index is 8.45. The summed E-state index contributed by atoms with van der Waals surface area (Å²) in [5.41, 5.74) is 1.07. The zero-order valence-electron chi connectivity index (χ0n) is 20.1. The molecule has 1 saturated heterocycles. The molecule has 0 radical (unpaired) electrons. The van der Waals surface area contributed by atoms with E-state index >= 15 is 0 Å². The number of rotatable bonds is 8. The second kappa shape index (κ2) is 16.4. The van der Waals surface area contributed by atoms with Crippen molar-refractivity contribution in [3.05, 3.63) is 60.7 Å². The number of piperazine rings is 1. The Morgan fingerprint density at radius 2 is 1.70 bits per heavy atom. The zero-order chi connectivity index (χ0) is 23.7. The molecule has 0 aliphatic carbocycles. The lowest BCUT2D eigenvalue weighted by molar-refractivity contribution is 0.272. The van der Waals surface area contributed by atoms with Crippen LogP contribution < -0.4 is 10.6 Å². The van der Waals surface area contributed by atoms with E-state index in [0.29, 0.717) is 0 Å². The summed E-state index contributed by atoms with van der Waals surface area (Å²) in [6.45, 7) is 8.85. The van der Waals surface area contributed by atoms with Crippen LogP contribution >= 0.6 is 12.0 Å². The molecule has 3 N–H and O–H groups in total. The van der Waals surface area contributed by atoms with Crippen molar-refractivity contribution in [2.75, 3.05) is 65.2 Å². The summed E-state index contributed by atoms with van der Waals surface area (Å²) in [7, 11) is 4.17. The molecule has 2 aromatic rings. The summed E-state index contributed by atoms with van der Waals surface area (Å²) < 4.78 is 8.45. The van der Waals surface area contributed by atoms with Gasteiger partial charge in [0.1, 0.15) is 11.7 Å². The number of para-hydroxylation sites is 1. The Kier molecular flexibility index (Phi) is 13.4. The molecule has 0 unspecified atom stereocenters. The molecular weight excluding hydrogens is 432 g/mol. The monoisotopic (exact) mass is 470 g/mol. The Bertz CT molecular complexity index is 823. The van der Waals surface area contributed by atoms with Gasteiger partial charge in [-0.15, -0.1) is 0 Å². The molecule has 33 heavy (non-hydrogen) atoms. The average Bonchev–Trinajstić information content (AvgIpc) is 2.84. The highest BCUT2D eigenvalue weighted by molar-refractivity contribution is 7.93. The van der Waals surface area contributed by atoms with Gasteiger partial charge in [-0.1, -0.05) is 36.4 Å². The van der Waals surface area contributed by atoms with Crippen LogP contribution in [-0.2, 0) is 0 Å². The third-order valence-electron chi connectivity index (χ3n) is 4.89. The molecule has 8 heteroatoms. The van der Waals surface area contributed by atoms with E-state index in [1.54, 1.807) is 0 Å². The predicted octanol–water partition coefficient (Wildman–Crippen LogP) is 4.02. The molecule has 180 valence electrons. The third-order valence-corrected chi connectivity index (χ3v) is 5.38. The number of nitrogens with zero attached hydrogens (tertiary/aromatic N) is 4. The van der Waals surface area contributed by atoms with Gasteiger partial charge < -0.3 is 20.1 Å². The Morgan fingerprint density at radius 1 is 1.06 bits per heavy atom. The average molecular weight is 471 g/mol. The molecule has 0 atom stereocenters. The molecule has 7 nitrogen and oxygen atoms in total. The molecule has 0 bridgehead atoms. The maximum atomic E-state index is 8.45. The van der Waals surface area contributed by atoms with E-state index < -0.39 is 0 Å². The van der Waals surface area contributed by atoms with Gasteiger partial charge in [-0.25, -0.2) is 4.99 Å². The van der Waals surface area contributed by atoms with Crippen LogP contribution in [0.2, 0.25) is 0 Å². The summed E-state index contributed by atoms with van der Waals surface area (Å²) in [5, 5.41) is 6.86. The van der Waals surface area contributed by atoms with Crippen LogP contribution in [0, 0.1) is 0 Å². The zero-order valence-corrected chi connectivity index (χ0v) is 20.9. The van der Waals surface area contributed by atoms with Gasteiger partial charge in [-0.05, 0) is 58.3 Å². The minimum Gasteiger partial charge on any atom is -0.343 e. The minimum absolute atomic E-state index is 0.769. The van der Waals surface area contributed by atoms with Gasteiger partial charge in [0.15, 0.2) is 0 Å². The first-order valence-electron chi connectivity index (χ1n) is 11.4. The van der Waals surface area contributed by atoms with Crippen molar-refractivity contribution < 1.29 is 4.55 Å². The Labute approximate surface area is 203 Å². The van der Waals surface area contributed by atoms with Crippen LogP contribution in [0.25, 0.3) is 0 Å². The Balaban J connectivity index is 0.000000405. The SMILES string of the molecule is CC(=NCCCN(C)C)N=C(CN1CCNCC1)Nc1ccccc1.OSc1ccccc1. The number of hydrogen-bond donors (Lipinski definition) is 3. The lowest BCUT2D eigenvalue weighted by Crippen LogP contribution is -2.46. The highest BCUT2D eigenvalue weighted by Gasteiger charge is 2.12. The molecule has 0 spiro atoms. The summed E-state index contributed by atoms with van der Waals surface area (Å²) in [5.74, 6) is 1.80. The summed E-state index contributed by atoms with van der Waals surface area (Å²) in [6.07, 6.45) is 1.05. The van der Waals surface area contributed by atoms with Crippen LogP contribution in [-0.4, -0.2) is 85.9 Å². The first kappa shape index (κ1) is 27.0. The smallest absolute Gasteiger partial charge is 0.122 e. The fourth-order valence-corrected chi connectivity index (χ4v) is 3.49. The number of anilines is 1. The highest BCUT2D eigenvalue weighted by Crippen LogP contribution is 2.11. The van der Waals surface area contributed by atoms with E-state index in [1.165, 1.54) is 0 Å². The van der Waals surface area contributed by atoms with Crippen LogP contribution in [0.1, 0.15) is 13.3 Å². The van der Waals surface area contributed by atoms with Crippen molar-refractivity contribution in [1.82, 2.24) is 15.1 Å². The fourth-order valence-electron chi connectivity index (χ4n) is 3.21. The molecule has 1 heterocycles. The lowest BCUT2D eigenvalue weighted by atomic mass is 10.3. The first-order valence-corrected chi connectivity index (χ1v) is 12.2. The van der Waals surface area contributed by atoms with Gasteiger partial charge in [0.05, 0.1) is 6.54 Å². The number of benzene rings is 2. The van der Waals surface area contributed by atoms with Crippen LogP contribution in [0.4, 0.5) is 5.69 Å². The van der Waals surface area contributed by atoms with Crippen LogP contribution in [0.3, 0.4) is 0 Å². The van der Waals surface area contributed by atoms with Gasteiger partial charge in [0.2, 0.25) is 0 Å². The molecule has 0 aromatic heterocycles. The van der Waals surface area contributed by atoms with E-state index in [9.17, 15) is 0 Å². The van der Waals surface area contributed by atoms with Crippen molar-refractivity contribution in [2.24, 2.45) is 9.98 Å². The van der Waals surface area contributed by atoms with Crippen LogP contribution in [0.5, 0.6) is 0 Å². The number of aliphatic imine (C=N–C) groups is 2. The molecule has 1 fully saturated rings. The largest absolute Gasteiger partial charge is 0.343 e. The topological polar surface area (TPSA) is 75.5 Å². The second-order valence-corrected chi connectivity index (χ2v) is 8.72. The van der Waals surface area contributed by atoms with Crippen molar-refractivity contribution >= 4 is 29.4 Å². The standard InChI is InChI=1S/C19H32N6.C6H6OS/c1-17(21-10-7-13-24(2)3)22-19(16-25-14-11-20-12-15-25)23-18-8-5-4-6-9-18;7-8-6-4-2-1-3-5-6/h4-6,8-9,20H,7,10-16H2,1-3H3,(H,21,22,23);1-5,7H. The van der Waals surface area contributed by atoms with Crippen molar-refractivity contribution in [1.29, 1.82) is 0 Å². The molecular formula is C25H38N6OS. The molecule has 0 amide bonds. The quantitative estimate of drug-likeness (QED) is 0.234. The Hall–Kier alpha value is -2.23. The van der Waals surface area contributed by atoms with E-state index in [1.807, 2.05) is 55.5 Å². The van der Waals surface area contributed by atoms with Crippen molar-refractivity contribution in [2.45, 2.75) is 18.2 Å². The number of hydrogen-bond acceptors (Lipinski definition) is 6. The predicted molar refractivity (Wildman–Crippen MR) is 143 cm³/mol. The first-order chi connectivity index (χ1) is 16.1. The van der Waals surface area contributed by atoms with Gasteiger partial charge in [-0.2, -0.15) is 0 Å².